The molecule has 0 spiro atoms. The summed E-state index contributed by atoms with van der Waals surface area (Å²) in [6, 6.07) is 40.0. The van der Waals surface area contributed by atoms with Crippen molar-refractivity contribution in [3.63, 3.8) is 0 Å². The van der Waals surface area contributed by atoms with Crippen LogP contribution in [0.25, 0.3) is 0 Å². The quantitative estimate of drug-likeness (QED) is 0.186. The maximum Gasteiger partial charge on any atom is 3.00 e. The maximum absolute atomic E-state index is 2.00. The zero-order chi connectivity index (χ0) is 14.1. The summed E-state index contributed by atoms with van der Waals surface area (Å²) in [6.07, 6.45) is 0. The van der Waals surface area contributed by atoms with E-state index in [0.29, 0.717) is 0 Å². The van der Waals surface area contributed by atoms with Gasteiger partial charge in [-0.05, 0) is 0 Å². The van der Waals surface area contributed by atoms with E-state index in [-0.39, 0.29) is 72.9 Å². The van der Waals surface area contributed by atoms with Gasteiger partial charge in [0.2, 0.25) is 0 Å². The van der Waals surface area contributed by atoms with E-state index in [9.17, 15) is 0 Å². The molecule has 0 saturated carbocycles. The van der Waals surface area contributed by atoms with Crippen molar-refractivity contribution in [2.45, 2.75) is 0 Å². The second-order valence-corrected chi connectivity index (χ2v) is 3.85. The van der Waals surface area contributed by atoms with Gasteiger partial charge in [-0.25, -0.2) is 48.5 Å². The summed E-state index contributed by atoms with van der Waals surface area (Å²) in [7, 11) is 0. The largest absolute Gasteiger partial charge is 3.00 e. The first-order valence-corrected chi connectivity index (χ1v) is 6.67. The second kappa shape index (κ2) is 27.5. The molecule has 0 saturated heterocycles. The molecule has 0 aliphatic carbocycles. The van der Waals surface area contributed by atoms with Crippen LogP contribution in [0.1, 0.15) is 0 Å². The predicted octanol–water partition coefficient (Wildman–Crippen LogP) is -0.375. The van der Waals surface area contributed by atoms with Crippen LogP contribution in [0.4, 0.5) is 0 Å². The third kappa shape index (κ3) is 23.9. The predicted molar refractivity (Wildman–Crippen MR) is 88.1 cm³/mol. The molecule has 0 unspecified atom stereocenters. The summed E-state index contributed by atoms with van der Waals surface area (Å²) >= 11 is 0. The van der Waals surface area contributed by atoms with Gasteiger partial charge >= 0.3 is 39.0 Å². The number of rotatable bonds is 0. The van der Waals surface area contributed by atoms with Crippen LogP contribution in [-0.4, -0.2) is 0 Å². The molecule has 0 bridgehead atoms. The van der Waals surface area contributed by atoms with Crippen LogP contribution in [0.3, 0.4) is 0 Å². The van der Waals surface area contributed by atoms with E-state index in [1.807, 2.05) is 121 Å². The maximum atomic E-state index is 2.00. The molecule has 0 heterocycles. The standard InChI is InChI=1S/4C5H5.2BrH.2Ru/c4*1-2-4-5-3-1;;;;/h4*1-5H;2*1H;;/q4*-1;;;2*+3/p-2. The molecular formula is C20H20Br2Ru2. The molecule has 0 amide bonds. The molecule has 2 radical (unpaired) electrons. The van der Waals surface area contributed by atoms with Crippen LogP contribution in [-0.2, 0) is 39.0 Å². The summed E-state index contributed by atoms with van der Waals surface area (Å²) < 4.78 is 0. The summed E-state index contributed by atoms with van der Waals surface area (Å²) in [4.78, 5) is 0. The van der Waals surface area contributed by atoms with Crippen LogP contribution in [0.15, 0.2) is 121 Å². The van der Waals surface area contributed by atoms with Crippen molar-refractivity contribution in [3.05, 3.63) is 121 Å². The van der Waals surface area contributed by atoms with E-state index in [1.165, 1.54) is 0 Å². The Balaban J connectivity index is -0.000000105. The van der Waals surface area contributed by atoms with Crippen molar-refractivity contribution in [1.82, 2.24) is 0 Å². The number of hydrogen-bond donors (Lipinski definition) is 0. The van der Waals surface area contributed by atoms with Gasteiger partial charge in [0.05, 0.1) is 0 Å². The van der Waals surface area contributed by atoms with E-state index in [4.69, 9.17) is 0 Å². The van der Waals surface area contributed by atoms with Gasteiger partial charge in [0.15, 0.2) is 0 Å². The van der Waals surface area contributed by atoms with Crippen molar-refractivity contribution in [1.29, 1.82) is 0 Å². The Kier molecular flexibility index (Phi) is 35.9. The molecule has 0 nitrogen and oxygen atoms in total. The SMILES string of the molecule is [Br-].[Br-].[Ru+3].[Ru+3].c1cc[cH-]c1.c1cc[cH-]c1.c1cc[cH-]c1.c1cc[cH-]c1. The Labute approximate surface area is 192 Å². The topological polar surface area (TPSA) is 0 Å². The Morgan fingerprint density at radius 1 is 0.292 bits per heavy atom. The summed E-state index contributed by atoms with van der Waals surface area (Å²) in [5.74, 6) is 0. The van der Waals surface area contributed by atoms with E-state index >= 15 is 0 Å². The summed E-state index contributed by atoms with van der Waals surface area (Å²) in [6.45, 7) is 0. The summed E-state index contributed by atoms with van der Waals surface area (Å²) in [5, 5.41) is 0. The van der Waals surface area contributed by atoms with E-state index in [0.717, 1.165) is 0 Å². The minimum Gasteiger partial charge on any atom is -1.00 e. The molecule has 4 aromatic rings. The fourth-order valence-corrected chi connectivity index (χ4v) is 1.28. The molecule has 4 heteroatoms. The molecule has 0 aliphatic heterocycles. The van der Waals surface area contributed by atoms with Crippen molar-refractivity contribution < 1.29 is 72.9 Å². The first-order valence-electron chi connectivity index (χ1n) is 6.67. The smallest absolute Gasteiger partial charge is 1.00 e. The van der Waals surface area contributed by atoms with Gasteiger partial charge < -0.3 is 34.0 Å². The number of hydrogen-bond acceptors (Lipinski definition) is 0. The minimum atomic E-state index is 0. The Hall–Kier alpha value is -0.393. The van der Waals surface area contributed by atoms with Crippen LogP contribution in [0.2, 0.25) is 0 Å². The monoisotopic (exact) mass is 622 g/mol. The number of halogens is 2. The van der Waals surface area contributed by atoms with E-state index < -0.39 is 0 Å². The normalized spacial score (nSPS) is 6.67. The zero-order valence-electron chi connectivity index (χ0n) is 13.0. The minimum absolute atomic E-state index is 0. The third-order valence-electron chi connectivity index (χ3n) is 2.22. The van der Waals surface area contributed by atoms with Gasteiger partial charge in [0.25, 0.3) is 0 Å². The zero-order valence-corrected chi connectivity index (χ0v) is 19.7. The molecule has 4 aromatic carbocycles. The van der Waals surface area contributed by atoms with Gasteiger partial charge in [-0.1, -0.05) is 0 Å². The van der Waals surface area contributed by atoms with Gasteiger partial charge in [0, 0.05) is 0 Å². The molecule has 0 aliphatic rings. The summed E-state index contributed by atoms with van der Waals surface area (Å²) in [5.41, 5.74) is 0. The molecule has 4 rings (SSSR count). The first kappa shape index (κ1) is 31.4. The molecule has 0 fully saturated rings. The third-order valence-corrected chi connectivity index (χ3v) is 2.22. The van der Waals surface area contributed by atoms with Gasteiger partial charge in [-0.15, -0.1) is 0 Å². The molecule has 24 heavy (non-hydrogen) atoms. The Morgan fingerprint density at radius 3 is 0.458 bits per heavy atom. The van der Waals surface area contributed by atoms with Gasteiger partial charge in [-0.2, -0.15) is 72.8 Å². The fourth-order valence-electron chi connectivity index (χ4n) is 1.28. The van der Waals surface area contributed by atoms with Gasteiger partial charge in [-0.3, -0.25) is 0 Å². The average Bonchev–Trinajstić information content (AvgIpc) is 3.40. The van der Waals surface area contributed by atoms with Crippen molar-refractivity contribution in [2.24, 2.45) is 0 Å². The Bertz CT molecular complexity index is 351. The van der Waals surface area contributed by atoms with E-state index in [2.05, 4.69) is 0 Å². The van der Waals surface area contributed by atoms with Crippen molar-refractivity contribution >= 4 is 0 Å². The molecular weight excluding hydrogens is 602 g/mol. The van der Waals surface area contributed by atoms with Crippen LogP contribution in [0, 0.1) is 0 Å². The molecule has 0 N–H and O–H groups in total. The Morgan fingerprint density at radius 2 is 0.417 bits per heavy atom. The van der Waals surface area contributed by atoms with Crippen LogP contribution < -0.4 is 34.0 Å². The van der Waals surface area contributed by atoms with Gasteiger partial charge in [0.1, 0.15) is 0 Å². The molecule has 0 atom stereocenters. The van der Waals surface area contributed by atoms with Crippen LogP contribution >= 0.6 is 0 Å². The van der Waals surface area contributed by atoms with E-state index in [1.54, 1.807) is 0 Å². The first-order chi connectivity index (χ1) is 10.0. The van der Waals surface area contributed by atoms with Crippen LogP contribution in [0.5, 0.6) is 0 Å². The molecule has 130 valence electrons. The fraction of sp³-hybridized carbons (Fsp3) is 0. The second-order valence-electron chi connectivity index (χ2n) is 3.85. The van der Waals surface area contributed by atoms with Crippen molar-refractivity contribution in [2.75, 3.05) is 0 Å². The average molecular weight is 622 g/mol. The molecule has 0 aromatic heterocycles. The van der Waals surface area contributed by atoms with Crippen molar-refractivity contribution in [3.8, 4) is 0 Å².